The second kappa shape index (κ2) is 4.41. The van der Waals surface area contributed by atoms with Crippen LogP contribution in [0.25, 0.3) is 0 Å². The zero-order valence-corrected chi connectivity index (χ0v) is 12.3. The Morgan fingerprint density at radius 2 is 2.17 bits per heavy atom. The zero-order valence-electron chi connectivity index (χ0n) is 11.5. The highest BCUT2D eigenvalue weighted by atomic mass is 32.2. The normalized spacial score (nSPS) is 46.8. The maximum absolute atomic E-state index is 10.1. The van der Waals surface area contributed by atoms with Crippen LogP contribution in [0.5, 0.6) is 0 Å². The SMILES string of the molecule is CC(C)[C@]1(C)SC(N[C@H]2C[C@@H]3CC[C@H]2C3)=NC1O. The van der Waals surface area contributed by atoms with Crippen molar-refractivity contribution in [3.63, 3.8) is 0 Å². The van der Waals surface area contributed by atoms with Crippen LogP contribution in [0.1, 0.15) is 46.5 Å². The third-order valence-corrected chi connectivity index (χ3v) is 6.80. The van der Waals surface area contributed by atoms with Crippen molar-refractivity contribution < 1.29 is 5.11 Å². The zero-order chi connectivity index (χ0) is 12.9. The number of aliphatic hydroxyl groups excluding tert-OH is 1. The topological polar surface area (TPSA) is 44.6 Å². The molecule has 2 bridgehead atoms. The molecule has 3 rings (SSSR count). The van der Waals surface area contributed by atoms with Gasteiger partial charge in [-0.05, 0) is 43.9 Å². The largest absolute Gasteiger partial charge is 0.370 e. The first kappa shape index (κ1) is 12.8. The summed E-state index contributed by atoms with van der Waals surface area (Å²) in [5.41, 5.74) is 0. The lowest BCUT2D eigenvalue weighted by atomic mass is 9.95. The van der Waals surface area contributed by atoms with E-state index in [4.69, 9.17) is 0 Å². The van der Waals surface area contributed by atoms with Gasteiger partial charge in [0.2, 0.25) is 0 Å². The predicted molar refractivity (Wildman–Crippen MR) is 76.6 cm³/mol. The van der Waals surface area contributed by atoms with Gasteiger partial charge in [0.05, 0.1) is 4.75 Å². The monoisotopic (exact) mass is 268 g/mol. The molecule has 1 unspecified atom stereocenters. The highest BCUT2D eigenvalue weighted by Gasteiger charge is 2.45. The standard InChI is InChI=1S/C14H24N2OS/c1-8(2)14(3)12(17)16-13(18-14)15-11-7-9-4-5-10(11)6-9/h8-12,17H,4-7H2,1-3H3,(H,15,16)/t9-,10+,11+,12?,14+/m1/s1. The molecule has 1 heterocycles. The minimum absolute atomic E-state index is 0.167. The number of amidine groups is 1. The summed E-state index contributed by atoms with van der Waals surface area (Å²) in [5, 5.41) is 14.7. The number of fused-ring (bicyclic) bond motifs is 2. The molecule has 4 heteroatoms. The Bertz CT molecular complexity index is 371. The molecular formula is C14H24N2OS. The summed E-state index contributed by atoms with van der Waals surface area (Å²) in [4.78, 5) is 4.43. The third kappa shape index (κ3) is 1.97. The van der Waals surface area contributed by atoms with E-state index in [9.17, 15) is 5.11 Å². The lowest BCUT2D eigenvalue weighted by molar-refractivity contribution is 0.126. The molecule has 2 aliphatic carbocycles. The maximum Gasteiger partial charge on any atom is 0.163 e. The van der Waals surface area contributed by atoms with E-state index in [0.29, 0.717) is 12.0 Å². The summed E-state index contributed by atoms with van der Waals surface area (Å²) in [6, 6.07) is 0.608. The number of rotatable bonds is 2. The van der Waals surface area contributed by atoms with Gasteiger partial charge in [-0.25, -0.2) is 4.99 Å². The summed E-state index contributed by atoms with van der Waals surface area (Å²) in [7, 11) is 0. The Morgan fingerprint density at radius 1 is 1.39 bits per heavy atom. The second-order valence-electron chi connectivity index (χ2n) is 6.67. The summed E-state index contributed by atoms with van der Waals surface area (Å²) in [6.07, 6.45) is 4.95. The summed E-state index contributed by atoms with van der Waals surface area (Å²) >= 11 is 1.73. The highest BCUT2D eigenvalue weighted by molar-refractivity contribution is 8.15. The van der Waals surface area contributed by atoms with E-state index in [-0.39, 0.29) is 4.75 Å². The second-order valence-corrected chi connectivity index (χ2v) is 8.14. The van der Waals surface area contributed by atoms with Crippen molar-refractivity contribution in [2.24, 2.45) is 22.7 Å². The van der Waals surface area contributed by atoms with Crippen LogP contribution in [-0.4, -0.2) is 27.3 Å². The molecule has 1 aliphatic heterocycles. The van der Waals surface area contributed by atoms with Crippen LogP contribution >= 0.6 is 11.8 Å². The van der Waals surface area contributed by atoms with Gasteiger partial charge in [-0.3, -0.25) is 0 Å². The summed E-state index contributed by atoms with van der Waals surface area (Å²) in [5.74, 6) is 2.21. The molecule has 0 aromatic heterocycles. The van der Waals surface area contributed by atoms with Gasteiger partial charge in [-0.15, -0.1) is 0 Å². The Morgan fingerprint density at radius 3 is 2.67 bits per heavy atom. The van der Waals surface area contributed by atoms with Crippen LogP contribution < -0.4 is 5.32 Å². The molecule has 3 nitrogen and oxygen atoms in total. The van der Waals surface area contributed by atoms with Crippen LogP contribution in [0, 0.1) is 17.8 Å². The van der Waals surface area contributed by atoms with Crippen LogP contribution in [0.3, 0.4) is 0 Å². The van der Waals surface area contributed by atoms with Gasteiger partial charge in [0.15, 0.2) is 11.4 Å². The van der Waals surface area contributed by atoms with Crippen LogP contribution in [0.4, 0.5) is 0 Å². The highest BCUT2D eigenvalue weighted by Crippen LogP contribution is 2.46. The molecule has 3 aliphatic rings. The van der Waals surface area contributed by atoms with E-state index in [1.165, 1.54) is 25.7 Å². The van der Waals surface area contributed by atoms with Gasteiger partial charge < -0.3 is 10.4 Å². The van der Waals surface area contributed by atoms with Crippen molar-refractivity contribution in [1.82, 2.24) is 5.32 Å². The van der Waals surface area contributed by atoms with Crippen LogP contribution in [0.2, 0.25) is 0 Å². The Hall–Kier alpha value is -0.220. The minimum atomic E-state index is -0.566. The average Bonchev–Trinajstić information content (AvgIpc) is 2.95. The van der Waals surface area contributed by atoms with Crippen molar-refractivity contribution in [3.05, 3.63) is 0 Å². The van der Waals surface area contributed by atoms with Gasteiger partial charge in [0.25, 0.3) is 0 Å². The van der Waals surface area contributed by atoms with E-state index >= 15 is 0 Å². The van der Waals surface area contributed by atoms with Crippen molar-refractivity contribution >= 4 is 16.9 Å². The summed E-state index contributed by atoms with van der Waals surface area (Å²) in [6.45, 7) is 6.43. The van der Waals surface area contributed by atoms with E-state index in [0.717, 1.165) is 17.0 Å². The third-order valence-electron chi connectivity index (χ3n) is 5.26. The smallest absolute Gasteiger partial charge is 0.163 e. The fourth-order valence-corrected chi connectivity index (χ4v) is 4.76. The molecule has 0 aromatic carbocycles. The molecule has 5 atom stereocenters. The first-order valence-corrected chi connectivity index (χ1v) is 8.02. The first-order chi connectivity index (χ1) is 8.49. The van der Waals surface area contributed by atoms with Gasteiger partial charge in [0.1, 0.15) is 0 Å². The van der Waals surface area contributed by atoms with Gasteiger partial charge in [0, 0.05) is 6.04 Å². The molecule has 0 saturated heterocycles. The molecule has 0 amide bonds. The molecule has 102 valence electrons. The van der Waals surface area contributed by atoms with E-state index < -0.39 is 6.23 Å². The predicted octanol–water partition coefficient (Wildman–Crippen LogP) is 2.60. The number of aliphatic imine (C=N–C) groups is 1. The summed E-state index contributed by atoms with van der Waals surface area (Å²) < 4.78 is -0.167. The fourth-order valence-electron chi connectivity index (χ4n) is 3.59. The van der Waals surface area contributed by atoms with Crippen molar-refractivity contribution in [2.45, 2.75) is 63.5 Å². The molecule has 0 radical (unpaired) electrons. The maximum atomic E-state index is 10.1. The average molecular weight is 268 g/mol. The van der Waals surface area contributed by atoms with Crippen molar-refractivity contribution in [3.8, 4) is 0 Å². The van der Waals surface area contributed by atoms with Crippen LogP contribution in [-0.2, 0) is 0 Å². The molecule has 0 spiro atoms. The quantitative estimate of drug-likeness (QED) is 0.809. The molecule has 0 aromatic rings. The lowest BCUT2D eigenvalue weighted by Gasteiger charge is -2.30. The van der Waals surface area contributed by atoms with Crippen molar-refractivity contribution in [2.75, 3.05) is 0 Å². The molecule has 18 heavy (non-hydrogen) atoms. The number of thioether (sulfide) groups is 1. The number of nitrogens with one attached hydrogen (secondary N) is 1. The molecule has 2 N–H and O–H groups in total. The minimum Gasteiger partial charge on any atom is -0.370 e. The Labute approximate surface area is 114 Å². The van der Waals surface area contributed by atoms with E-state index in [1.807, 2.05) is 0 Å². The van der Waals surface area contributed by atoms with Crippen molar-refractivity contribution in [1.29, 1.82) is 0 Å². The number of aliphatic hydroxyl groups is 1. The van der Waals surface area contributed by atoms with Crippen LogP contribution in [0.15, 0.2) is 4.99 Å². The Balaban J connectivity index is 1.63. The Kier molecular flexibility index (Phi) is 3.14. The van der Waals surface area contributed by atoms with E-state index in [1.54, 1.807) is 11.8 Å². The fraction of sp³-hybridized carbons (Fsp3) is 0.929. The van der Waals surface area contributed by atoms with Gasteiger partial charge in [-0.2, -0.15) is 0 Å². The van der Waals surface area contributed by atoms with E-state index in [2.05, 4.69) is 31.1 Å². The lowest BCUT2D eigenvalue weighted by Crippen LogP contribution is -2.39. The first-order valence-electron chi connectivity index (χ1n) is 7.20. The number of hydrogen-bond acceptors (Lipinski definition) is 4. The van der Waals surface area contributed by atoms with Gasteiger partial charge >= 0.3 is 0 Å². The van der Waals surface area contributed by atoms with Gasteiger partial charge in [-0.1, -0.05) is 32.0 Å². The molecule has 2 fully saturated rings. The molecular weight excluding hydrogens is 244 g/mol. The number of hydrogen-bond donors (Lipinski definition) is 2. The number of nitrogens with zero attached hydrogens (tertiary/aromatic N) is 1. The molecule has 2 saturated carbocycles.